The van der Waals surface area contributed by atoms with Gasteiger partial charge in [-0.1, -0.05) is 8.25 Å². The molecule has 0 saturated carbocycles. The fourth-order valence-corrected chi connectivity index (χ4v) is 4.30. The Morgan fingerprint density at radius 2 is 0.452 bits per heavy atom. The fourth-order valence-electron chi connectivity index (χ4n) is 0.478. The molecule has 0 spiro atoms. The van der Waals surface area contributed by atoms with Crippen LogP contribution in [0.3, 0.4) is 0 Å². The molecule has 0 radical (unpaired) electrons. The van der Waals surface area contributed by atoms with Crippen molar-refractivity contribution in [3.63, 3.8) is 0 Å². The van der Waals surface area contributed by atoms with Gasteiger partial charge in [-0.2, -0.15) is 52.7 Å². The Kier molecular flexibility index (Phi) is 10.9. The molecule has 0 aromatic carbocycles. The van der Waals surface area contributed by atoms with Gasteiger partial charge in [0.25, 0.3) is 0 Å². The Balaban J connectivity index is -0.000000490. The summed E-state index contributed by atoms with van der Waals surface area (Å²) in [4.78, 5) is 0. The Bertz CT molecular complexity index is 862. The maximum absolute atomic E-state index is 11.5. The molecule has 0 aliphatic carbocycles. The maximum atomic E-state index is 11.5. The molecule has 0 unspecified atom stereocenters. The van der Waals surface area contributed by atoms with Crippen molar-refractivity contribution in [3.8, 4) is 0 Å². The molecule has 192 valence electrons. The molecule has 31 heavy (non-hydrogen) atoms. The van der Waals surface area contributed by atoms with E-state index in [1.54, 1.807) is 0 Å². The van der Waals surface area contributed by atoms with Gasteiger partial charge in [0.15, 0.2) is 0 Å². The molecular formula is C4H2F12N2NiO8S4+2. The molecule has 0 amide bonds. The minimum atomic E-state index is -6.60. The summed E-state index contributed by atoms with van der Waals surface area (Å²) in [7, 11) is -26.4. The van der Waals surface area contributed by atoms with Gasteiger partial charge in [0, 0.05) is 0 Å². The van der Waals surface area contributed by atoms with Crippen LogP contribution in [0.25, 0.3) is 0 Å². The number of halogens is 12. The number of nitrogens with one attached hydrogen (secondary N) is 2. The van der Waals surface area contributed by atoms with Crippen molar-refractivity contribution in [2.24, 2.45) is 0 Å². The third-order valence-electron chi connectivity index (χ3n) is 1.66. The van der Waals surface area contributed by atoms with Gasteiger partial charge in [-0.15, -0.1) is 0 Å². The third kappa shape index (κ3) is 9.81. The van der Waals surface area contributed by atoms with Crippen LogP contribution in [0.5, 0.6) is 0 Å². The molecule has 0 aromatic rings. The average Bonchev–Trinajstić information content (AvgIpc) is 2.30. The maximum Gasteiger partial charge on any atom is 2.00 e. The molecule has 27 heteroatoms. The monoisotopic (exact) mass is 620 g/mol. The second kappa shape index (κ2) is 9.70. The van der Waals surface area contributed by atoms with E-state index in [-0.39, 0.29) is 16.5 Å². The van der Waals surface area contributed by atoms with Gasteiger partial charge in [0.1, 0.15) is 0 Å². The Morgan fingerprint density at radius 1 is 0.355 bits per heavy atom. The van der Waals surface area contributed by atoms with Crippen LogP contribution in [-0.2, 0) is 56.6 Å². The molecule has 0 aliphatic heterocycles. The molecule has 10 nitrogen and oxygen atoms in total. The molecule has 0 saturated heterocycles. The van der Waals surface area contributed by atoms with Crippen LogP contribution >= 0.6 is 0 Å². The minimum Gasteiger partial charge on any atom is -0.202 e. The average molecular weight is 621 g/mol. The zero-order valence-electron chi connectivity index (χ0n) is 12.8. The molecule has 0 atom stereocenters. The first kappa shape index (κ1) is 35.0. The Morgan fingerprint density at radius 3 is 0.516 bits per heavy atom. The van der Waals surface area contributed by atoms with E-state index in [2.05, 4.69) is 0 Å². The molecular weight excluding hydrogens is 619 g/mol. The SMILES string of the molecule is O=S(=O)(NS(=O)(=O)C(F)(F)F)C(F)(F)F.O=S(=O)(NS(=O)(=O)C(F)(F)F)C(F)(F)F.[Ni+2]. The van der Waals surface area contributed by atoms with E-state index in [9.17, 15) is 86.4 Å². The summed E-state index contributed by atoms with van der Waals surface area (Å²) in [5, 5.41) is 0. The standard InChI is InChI=1S/2C2HF6NO4S2.Ni/c2*3-1(4,5)14(10,11)9-15(12,13)2(6,7)8;/h2*9H;/q;;+2. The van der Waals surface area contributed by atoms with E-state index in [1.165, 1.54) is 0 Å². The van der Waals surface area contributed by atoms with E-state index in [1.807, 2.05) is 0 Å². The Hall–Kier alpha value is -0.626. The molecule has 0 heterocycles. The number of alkyl halides is 12. The molecule has 2 N–H and O–H groups in total. The van der Waals surface area contributed by atoms with Crippen LogP contribution < -0.4 is 8.25 Å². The first-order valence-corrected chi connectivity index (χ1v) is 11.2. The van der Waals surface area contributed by atoms with Crippen LogP contribution in [-0.4, -0.2) is 55.7 Å². The van der Waals surface area contributed by atoms with Crippen molar-refractivity contribution >= 4 is 40.1 Å². The summed E-state index contributed by atoms with van der Waals surface area (Å²) in [5.74, 6) is 0. The van der Waals surface area contributed by atoms with Gasteiger partial charge in [0.2, 0.25) is 0 Å². The molecule has 0 aromatic heterocycles. The van der Waals surface area contributed by atoms with Crippen LogP contribution in [0, 0.1) is 0 Å². The van der Waals surface area contributed by atoms with Gasteiger partial charge < -0.3 is 0 Å². The van der Waals surface area contributed by atoms with Crippen molar-refractivity contribution in [2.75, 3.05) is 0 Å². The summed E-state index contributed by atoms with van der Waals surface area (Å²) in [6, 6.07) is 0. The summed E-state index contributed by atoms with van der Waals surface area (Å²) >= 11 is 0. The van der Waals surface area contributed by atoms with Crippen molar-refractivity contribution < 1.29 is 103 Å². The van der Waals surface area contributed by atoms with E-state index in [4.69, 9.17) is 0 Å². The van der Waals surface area contributed by atoms with Crippen LogP contribution in [0.15, 0.2) is 0 Å². The third-order valence-corrected chi connectivity index (χ3v) is 7.61. The van der Waals surface area contributed by atoms with Crippen LogP contribution in [0.2, 0.25) is 0 Å². The minimum absolute atomic E-state index is 0. The quantitative estimate of drug-likeness (QED) is 0.340. The van der Waals surface area contributed by atoms with Gasteiger partial charge in [-0.3, -0.25) is 0 Å². The van der Waals surface area contributed by atoms with Crippen LogP contribution in [0.1, 0.15) is 0 Å². The van der Waals surface area contributed by atoms with Gasteiger partial charge in [-0.25, -0.2) is 33.7 Å². The van der Waals surface area contributed by atoms with Crippen molar-refractivity contribution in [1.82, 2.24) is 8.25 Å². The van der Waals surface area contributed by atoms with Crippen LogP contribution in [0.4, 0.5) is 52.7 Å². The zero-order chi connectivity index (χ0) is 25.4. The summed E-state index contributed by atoms with van der Waals surface area (Å²) in [6.45, 7) is 0. The zero-order valence-corrected chi connectivity index (χ0v) is 17.0. The van der Waals surface area contributed by atoms with E-state index in [0.29, 0.717) is 0 Å². The van der Waals surface area contributed by atoms with E-state index < -0.39 is 70.4 Å². The summed E-state index contributed by atoms with van der Waals surface area (Å²) in [6.07, 6.45) is 0. The van der Waals surface area contributed by atoms with Crippen molar-refractivity contribution in [2.45, 2.75) is 22.0 Å². The second-order valence-corrected chi connectivity index (χ2v) is 11.2. The van der Waals surface area contributed by atoms with Crippen molar-refractivity contribution in [3.05, 3.63) is 0 Å². The predicted molar refractivity (Wildman–Crippen MR) is 66.2 cm³/mol. The first-order valence-electron chi connectivity index (χ1n) is 5.23. The molecule has 0 rings (SSSR count). The molecule has 0 fully saturated rings. The smallest absolute Gasteiger partial charge is 0.202 e. The normalized spacial score (nSPS) is 14.8. The number of hydrogen-bond acceptors (Lipinski definition) is 8. The molecule has 0 aliphatic rings. The van der Waals surface area contributed by atoms with Crippen molar-refractivity contribution in [1.29, 1.82) is 0 Å². The molecule has 0 bridgehead atoms. The fraction of sp³-hybridized carbons (Fsp3) is 1.00. The van der Waals surface area contributed by atoms with Gasteiger partial charge in [0.05, 0.1) is 0 Å². The number of rotatable bonds is 4. The topological polar surface area (TPSA) is 161 Å². The summed E-state index contributed by atoms with van der Waals surface area (Å²) in [5.41, 5.74) is -24.6. The first-order chi connectivity index (χ1) is 12.4. The number of hydrogen-bond donors (Lipinski definition) is 2. The van der Waals surface area contributed by atoms with Gasteiger partial charge >= 0.3 is 78.6 Å². The second-order valence-electron chi connectivity index (χ2n) is 3.96. The predicted octanol–water partition coefficient (Wildman–Crippen LogP) is 0.548. The largest absolute Gasteiger partial charge is 2.00 e. The van der Waals surface area contributed by atoms with E-state index >= 15 is 0 Å². The van der Waals surface area contributed by atoms with Gasteiger partial charge in [-0.05, 0) is 0 Å². The summed E-state index contributed by atoms with van der Waals surface area (Å²) < 4.78 is 217. The number of sulfonamides is 4. The Labute approximate surface area is 173 Å². The van der Waals surface area contributed by atoms with E-state index in [0.717, 1.165) is 0 Å².